The predicted molar refractivity (Wildman–Crippen MR) is 147 cm³/mol. The molecular formula is C30H42O7S. The van der Waals surface area contributed by atoms with E-state index in [1.165, 1.54) is 19.2 Å². The molecule has 210 valence electrons. The Kier molecular flexibility index (Phi) is 13.3. The molecule has 1 aliphatic carbocycles. The highest BCUT2D eigenvalue weighted by Crippen LogP contribution is 2.40. The van der Waals surface area contributed by atoms with Crippen LogP contribution < -0.4 is 0 Å². The number of carbonyl (C=O) groups excluding carboxylic acids is 1. The Bertz CT molecular complexity index is 1100. The SMILES string of the molecule is CC#CCCC(C)[C@H](O)C=C[C@@H]1[C@@H](CC=CCCCC(=O)OC)[C@H](OS(=O)(=O)c2ccc(C)cc2)C[C@H]1O. The first kappa shape index (κ1) is 31.8. The van der Waals surface area contributed by atoms with Gasteiger partial charge in [0, 0.05) is 25.2 Å². The molecule has 7 nitrogen and oxygen atoms in total. The number of carbonyl (C=O) groups is 1. The van der Waals surface area contributed by atoms with Gasteiger partial charge in [0.05, 0.1) is 30.3 Å². The third-order valence-electron chi connectivity index (χ3n) is 7.02. The van der Waals surface area contributed by atoms with Crippen molar-refractivity contribution in [3.8, 4) is 11.8 Å². The van der Waals surface area contributed by atoms with Crippen LogP contribution in [-0.4, -0.2) is 50.0 Å². The Hall–Kier alpha value is -2.44. The number of unbranched alkanes of at least 4 members (excludes halogenated alkanes) is 1. The summed E-state index contributed by atoms with van der Waals surface area (Å²) in [5, 5.41) is 21.5. The number of ether oxygens (including phenoxy) is 1. The maximum atomic E-state index is 13.0. The Morgan fingerprint density at radius 1 is 1.24 bits per heavy atom. The van der Waals surface area contributed by atoms with Crippen LogP contribution in [-0.2, 0) is 23.8 Å². The first-order valence-electron chi connectivity index (χ1n) is 13.2. The second-order valence-electron chi connectivity index (χ2n) is 9.94. The van der Waals surface area contributed by atoms with E-state index in [0.29, 0.717) is 32.1 Å². The van der Waals surface area contributed by atoms with Gasteiger partial charge in [-0.05, 0) is 63.5 Å². The number of aliphatic hydroxyl groups excluding tert-OH is 2. The fraction of sp³-hybridized carbons (Fsp3) is 0.567. The van der Waals surface area contributed by atoms with E-state index in [-0.39, 0.29) is 35.0 Å². The van der Waals surface area contributed by atoms with Crippen LogP contribution in [0.3, 0.4) is 0 Å². The van der Waals surface area contributed by atoms with E-state index in [0.717, 1.165) is 12.0 Å². The molecule has 8 heteroatoms. The number of hydrogen-bond donors (Lipinski definition) is 2. The van der Waals surface area contributed by atoms with Crippen LogP contribution >= 0.6 is 0 Å². The number of esters is 1. The summed E-state index contributed by atoms with van der Waals surface area (Å²) >= 11 is 0. The zero-order valence-electron chi connectivity index (χ0n) is 22.9. The molecule has 2 N–H and O–H groups in total. The van der Waals surface area contributed by atoms with Gasteiger partial charge in [0.25, 0.3) is 10.1 Å². The van der Waals surface area contributed by atoms with E-state index in [4.69, 9.17) is 4.18 Å². The maximum Gasteiger partial charge on any atom is 0.305 e. The van der Waals surface area contributed by atoms with Gasteiger partial charge in [0.15, 0.2) is 0 Å². The highest BCUT2D eigenvalue weighted by molar-refractivity contribution is 7.86. The predicted octanol–water partition coefficient (Wildman–Crippen LogP) is 4.71. The van der Waals surface area contributed by atoms with Crippen molar-refractivity contribution < 1.29 is 32.3 Å². The highest BCUT2D eigenvalue weighted by Gasteiger charge is 2.43. The van der Waals surface area contributed by atoms with Gasteiger partial charge < -0.3 is 14.9 Å². The van der Waals surface area contributed by atoms with E-state index in [9.17, 15) is 23.4 Å². The van der Waals surface area contributed by atoms with Crippen molar-refractivity contribution in [2.24, 2.45) is 17.8 Å². The minimum atomic E-state index is -4.02. The van der Waals surface area contributed by atoms with E-state index in [1.807, 2.05) is 26.0 Å². The van der Waals surface area contributed by atoms with Crippen LogP contribution in [0.25, 0.3) is 0 Å². The Morgan fingerprint density at radius 2 is 1.95 bits per heavy atom. The quantitative estimate of drug-likeness (QED) is 0.114. The fourth-order valence-electron chi connectivity index (χ4n) is 4.58. The molecule has 2 rings (SSSR count). The summed E-state index contributed by atoms with van der Waals surface area (Å²) in [7, 11) is -2.66. The molecule has 0 radical (unpaired) electrons. The lowest BCUT2D eigenvalue weighted by molar-refractivity contribution is -0.140. The molecular weight excluding hydrogens is 504 g/mol. The highest BCUT2D eigenvalue weighted by atomic mass is 32.2. The zero-order valence-corrected chi connectivity index (χ0v) is 23.7. The second kappa shape index (κ2) is 15.8. The molecule has 0 aromatic heterocycles. The molecule has 0 spiro atoms. The normalized spacial score (nSPS) is 23.3. The Labute approximate surface area is 228 Å². The third-order valence-corrected chi connectivity index (χ3v) is 8.37. The number of allylic oxidation sites excluding steroid dienone is 2. The third kappa shape index (κ3) is 10.0. The number of hydrogen-bond acceptors (Lipinski definition) is 7. The minimum Gasteiger partial charge on any atom is -0.469 e. The van der Waals surface area contributed by atoms with Gasteiger partial charge >= 0.3 is 5.97 Å². The molecule has 1 fully saturated rings. The van der Waals surface area contributed by atoms with Crippen LogP contribution in [0.1, 0.15) is 64.4 Å². The van der Waals surface area contributed by atoms with Crippen molar-refractivity contribution in [1.29, 1.82) is 0 Å². The molecule has 38 heavy (non-hydrogen) atoms. The monoisotopic (exact) mass is 546 g/mol. The van der Waals surface area contributed by atoms with E-state index in [2.05, 4.69) is 16.6 Å². The number of methoxy groups -OCH3 is 1. The molecule has 0 heterocycles. The molecule has 1 aromatic rings. The van der Waals surface area contributed by atoms with Gasteiger partial charge in [0.2, 0.25) is 0 Å². The van der Waals surface area contributed by atoms with Crippen molar-refractivity contribution in [3.05, 3.63) is 54.1 Å². The largest absolute Gasteiger partial charge is 0.469 e. The Morgan fingerprint density at radius 3 is 2.61 bits per heavy atom. The lowest BCUT2D eigenvalue weighted by Crippen LogP contribution is -2.25. The number of rotatable bonds is 14. The number of aryl methyl sites for hydroxylation is 1. The van der Waals surface area contributed by atoms with Gasteiger partial charge in [-0.2, -0.15) is 8.42 Å². The fourth-order valence-corrected chi connectivity index (χ4v) is 5.71. The average molecular weight is 547 g/mol. The van der Waals surface area contributed by atoms with Crippen LogP contribution in [0.2, 0.25) is 0 Å². The van der Waals surface area contributed by atoms with E-state index >= 15 is 0 Å². The van der Waals surface area contributed by atoms with Gasteiger partial charge in [-0.15, -0.1) is 11.8 Å². The molecule has 1 unspecified atom stereocenters. The minimum absolute atomic E-state index is 0.00670. The van der Waals surface area contributed by atoms with E-state index in [1.54, 1.807) is 31.2 Å². The average Bonchev–Trinajstić information content (AvgIpc) is 3.17. The van der Waals surface area contributed by atoms with E-state index < -0.39 is 28.4 Å². The van der Waals surface area contributed by atoms with Crippen molar-refractivity contribution in [1.82, 2.24) is 0 Å². The smallest absolute Gasteiger partial charge is 0.305 e. The number of benzene rings is 1. The molecule has 6 atom stereocenters. The topological polar surface area (TPSA) is 110 Å². The molecule has 0 aliphatic heterocycles. The molecule has 0 bridgehead atoms. The first-order valence-corrected chi connectivity index (χ1v) is 14.7. The van der Waals surface area contributed by atoms with Gasteiger partial charge in [0.1, 0.15) is 0 Å². The summed E-state index contributed by atoms with van der Waals surface area (Å²) in [6.45, 7) is 5.61. The van der Waals surface area contributed by atoms with Crippen molar-refractivity contribution in [2.45, 2.75) is 88.9 Å². The molecule has 1 aliphatic rings. The summed E-state index contributed by atoms with van der Waals surface area (Å²) in [6.07, 6.45) is 8.90. The van der Waals surface area contributed by atoms with Crippen LogP contribution in [0, 0.1) is 36.5 Å². The van der Waals surface area contributed by atoms with Crippen molar-refractivity contribution in [3.63, 3.8) is 0 Å². The summed E-state index contributed by atoms with van der Waals surface area (Å²) < 4.78 is 36.4. The van der Waals surface area contributed by atoms with Crippen LogP contribution in [0.5, 0.6) is 0 Å². The van der Waals surface area contributed by atoms with Crippen molar-refractivity contribution >= 4 is 16.1 Å². The molecule has 0 amide bonds. The second-order valence-corrected chi connectivity index (χ2v) is 11.5. The lowest BCUT2D eigenvalue weighted by atomic mass is 9.88. The summed E-state index contributed by atoms with van der Waals surface area (Å²) in [5.41, 5.74) is 0.940. The standard InChI is InChI=1S/C30H42O7S/c1-5-6-9-12-23(3)27(31)20-19-25-26(13-10-7-8-11-14-30(33)36-4)29(21-28(25)32)37-38(34,35)24-17-15-22(2)16-18-24/h7,10,15-20,23,25-29,31-32H,8-9,11-14,21H2,1-4H3/t23?,25-,26-,27-,28-,29-/m1/s1. The van der Waals surface area contributed by atoms with Crippen LogP contribution in [0.15, 0.2) is 53.5 Å². The summed E-state index contributed by atoms with van der Waals surface area (Å²) in [5.74, 6) is 4.90. The van der Waals surface area contributed by atoms with Gasteiger partial charge in [-0.1, -0.05) is 48.9 Å². The van der Waals surface area contributed by atoms with Gasteiger partial charge in [-0.25, -0.2) is 0 Å². The van der Waals surface area contributed by atoms with Crippen LogP contribution in [0.4, 0.5) is 0 Å². The lowest BCUT2D eigenvalue weighted by Gasteiger charge is -2.23. The Balaban J connectivity index is 2.16. The molecule has 1 saturated carbocycles. The number of aliphatic hydroxyl groups is 2. The zero-order chi connectivity index (χ0) is 28.1. The molecule has 0 saturated heterocycles. The molecule has 1 aromatic carbocycles. The summed E-state index contributed by atoms with van der Waals surface area (Å²) in [4.78, 5) is 11.4. The van der Waals surface area contributed by atoms with Gasteiger partial charge in [-0.3, -0.25) is 8.98 Å². The van der Waals surface area contributed by atoms with Crippen molar-refractivity contribution in [2.75, 3.05) is 7.11 Å². The maximum absolute atomic E-state index is 13.0. The first-order chi connectivity index (χ1) is 18.1. The summed E-state index contributed by atoms with van der Waals surface area (Å²) in [6, 6.07) is 6.47.